The summed E-state index contributed by atoms with van der Waals surface area (Å²) >= 11 is 0. The van der Waals surface area contributed by atoms with Gasteiger partial charge in [-0.25, -0.2) is 0 Å². The highest BCUT2D eigenvalue weighted by atomic mass is 15.4. The smallest absolute Gasteiger partial charge is 0.144 e. The second-order valence-corrected chi connectivity index (χ2v) is 5.56. The number of nitrogens with zero attached hydrogens (tertiary/aromatic N) is 4. The Labute approximate surface area is 109 Å². The maximum Gasteiger partial charge on any atom is 0.144 e. The minimum Gasteiger partial charge on any atom is -0.356 e. The van der Waals surface area contributed by atoms with Gasteiger partial charge in [-0.2, -0.15) is 10.4 Å². The van der Waals surface area contributed by atoms with Crippen molar-refractivity contribution in [3.63, 3.8) is 0 Å². The number of aromatic nitrogens is 2. The average Bonchev–Trinajstić information content (AvgIpc) is 2.62. The van der Waals surface area contributed by atoms with E-state index >= 15 is 0 Å². The van der Waals surface area contributed by atoms with Gasteiger partial charge in [0.25, 0.3) is 0 Å². The fraction of sp³-hybridized carbons (Fsp3) is 0.714. The molecule has 0 aliphatic heterocycles. The van der Waals surface area contributed by atoms with Crippen molar-refractivity contribution >= 4 is 5.82 Å². The molecule has 1 aromatic rings. The zero-order valence-corrected chi connectivity index (χ0v) is 11.8. The molecule has 4 heteroatoms. The van der Waals surface area contributed by atoms with Crippen LogP contribution < -0.4 is 4.90 Å². The zero-order chi connectivity index (χ0) is 13.3. The third-order valence-corrected chi connectivity index (χ3v) is 4.09. The fourth-order valence-corrected chi connectivity index (χ4v) is 3.11. The summed E-state index contributed by atoms with van der Waals surface area (Å²) in [5.74, 6) is 1.75. The van der Waals surface area contributed by atoms with E-state index in [0.29, 0.717) is 6.04 Å². The molecule has 4 nitrogen and oxygen atoms in total. The van der Waals surface area contributed by atoms with Gasteiger partial charge in [-0.1, -0.05) is 19.8 Å². The Morgan fingerprint density at radius 3 is 2.78 bits per heavy atom. The standard InChI is InChI=1S/C14H22N4/c1-10-6-5-7-12(8-10)17(3)14-13(9-15)11(2)16-18(14)4/h10,12H,5-8H2,1-4H3. The lowest BCUT2D eigenvalue weighted by atomic mass is 9.86. The van der Waals surface area contributed by atoms with Crippen LogP contribution in [0.5, 0.6) is 0 Å². The van der Waals surface area contributed by atoms with Crippen molar-refractivity contribution < 1.29 is 0 Å². The molecule has 1 aliphatic carbocycles. The van der Waals surface area contributed by atoms with Crippen molar-refractivity contribution in [3.05, 3.63) is 11.3 Å². The topological polar surface area (TPSA) is 44.9 Å². The molecule has 2 atom stereocenters. The lowest BCUT2D eigenvalue weighted by Crippen LogP contribution is -2.37. The molecular formula is C14H22N4. The molecule has 0 radical (unpaired) electrons. The Morgan fingerprint density at radius 2 is 2.17 bits per heavy atom. The highest BCUT2D eigenvalue weighted by Crippen LogP contribution is 2.31. The Hall–Kier alpha value is -1.50. The molecule has 1 saturated carbocycles. The Balaban J connectivity index is 2.28. The molecule has 0 aromatic carbocycles. The first-order chi connectivity index (χ1) is 8.54. The Kier molecular flexibility index (Phi) is 3.60. The molecule has 0 amide bonds. The monoisotopic (exact) mass is 246 g/mol. The summed E-state index contributed by atoms with van der Waals surface area (Å²) in [5, 5.41) is 13.7. The maximum atomic E-state index is 9.28. The molecule has 18 heavy (non-hydrogen) atoms. The van der Waals surface area contributed by atoms with E-state index in [2.05, 4.69) is 30.0 Å². The van der Waals surface area contributed by atoms with E-state index in [9.17, 15) is 5.26 Å². The first-order valence-electron chi connectivity index (χ1n) is 6.71. The Bertz CT molecular complexity index is 469. The van der Waals surface area contributed by atoms with Crippen LogP contribution in [-0.4, -0.2) is 22.9 Å². The van der Waals surface area contributed by atoms with Crippen LogP contribution in [0, 0.1) is 24.2 Å². The van der Waals surface area contributed by atoms with Gasteiger partial charge in [0.15, 0.2) is 0 Å². The lowest BCUT2D eigenvalue weighted by Gasteiger charge is -2.35. The minimum absolute atomic E-state index is 0.538. The SMILES string of the molecule is Cc1nn(C)c(N(C)C2CCCC(C)C2)c1C#N. The molecule has 98 valence electrons. The predicted octanol–water partition coefficient (Wildman–Crippen LogP) is 2.62. The quantitative estimate of drug-likeness (QED) is 0.805. The first-order valence-corrected chi connectivity index (χ1v) is 6.71. The normalized spacial score (nSPS) is 23.7. The Morgan fingerprint density at radius 1 is 1.44 bits per heavy atom. The van der Waals surface area contributed by atoms with Crippen LogP contribution in [-0.2, 0) is 7.05 Å². The van der Waals surface area contributed by atoms with Gasteiger partial charge in [0.1, 0.15) is 17.5 Å². The van der Waals surface area contributed by atoms with Crippen LogP contribution >= 0.6 is 0 Å². The van der Waals surface area contributed by atoms with E-state index in [0.717, 1.165) is 23.0 Å². The van der Waals surface area contributed by atoms with Gasteiger partial charge in [-0.15, -0.1) is 0 Å². The van der Waals surface area contributed by atoms with Crippen LogP contribution in [0.25, 0.3) is 0 Å². The number of anilines is 1. The number of aryl methyl sites for hydroxylation is 2. The van der Waals surface area contributed by atoms with Gasteiger partial charge in [-0.3, -0.25) is 4.68 Å². The molecule has 0 bridgehead atoms. The van der Waals surface area contributed by atoms with Gasteiger partial charge in [0.2, 0.25) is 0 Å². The molecule has 0 N–H and O–H groups in total. The van der Waals surface area contributed by atoms with E-state index < -0.39 is 0 Å². The van der Waals surface area contributed by atoms with Crippen molar-refractivity contribution in [1.82, 2.24) is 9.78 Å². The third-order valence-electron chi connectivity index (χ3n) is 4.09. The molecular weight excluding hydrogens is 224 g/mol. The molecule has 0 saturated heterocycles. The van der Waals surface area contributed by atoms with Gasteiger partial charge >= 0.3 is 0 Å². The number of hydrogen-bond donors (Lipinski definition) is 0. The summed E-state index contributed by atoms with van der Waals surface area (Å²) in [6.07, 6.45) is 5.05. The molecule has 1 fully saturated rings. The van der Waals surface area contributed by atoms with E-state index in [1.165, 1.54) is 25.7 Å². The number of hydrogen-bond acceptors (Lipinski definition) is 3. The fourth-order valence-electron chi connectivity index (χ4n) is 3.11. The molecule has 1 aliphatic rings. The van der Waals surface area contributed by atoms with Crippen molar-refractivity contribution in [2.24, 2.45) is 13.0 Å². The summed E-state index contributed by atoms with van der Waals surface area (Å²) in [4.78, 5) is 2.26. The van der Waals surface area contributed by atoms with Crippen molar-refractivity contribution in [2.75, 3.05) is 11.9 Å². The molecule has 0 spiro atoms. The van der Waals surface area contributed by atoms with E-state index in [-0.39, 0.29) is 0 Å². The van der Waals surface area contributed by atoms with Gasteiger partial charge in [-0.05, 0) is 25.7 Å². The van der Waals surface area contributed by atoms with Crippen LogP contribution in [0.2, 0.25) is 0 Å². The largest absolute Gasteiger partial charge is 0.356 e. The van der Waals surface area contributed by atoms with Crippen molar-refractivity contribution in [3.8, 4) is 6.07 Å². The van der Waals surface area contributed by atoms with Crippen LogP contribution in [0.3, 0.4) is 0 Å². The minimum atomic E-state index is 0.538. The van der Waals surface area contributed by atoms with Crippen molar-refractivity contribution in [2.45, 2.75) is 45.6 Å². The predicted molar refractivity (Wildman–Crippen MR) is 72.5 cm³/mol. The lowest BCUT2D eigenvalue weighted by molar-refractivity contribution is 0.334. The molecule has 1 heterocycles. The third kappa shape index (κ3) is 2.22. The molecule has 2 unspecified atom stereocenters. The second kappa shape index (κ2) is 5.01. The van der Waals surface area contributed by atoms with Gasteiger partial charge < -0.3 is 4.90 Å². The summed E-state index contributed by atoms with van der Waals surface area (Å²) in [5.41, 5.74) is 1.55. The number of nitriles is 1. The number of rotatable bonds is 2. The second-order valence-electron chi connectivity index (χ2n) is 5.56. The summed E-state index contributed by atoms with van der Waals surface area (Å²) in [6.45, 7) is 4.22. The summed E-state index contributed by atoms with van der Waals surface area (Å²) < 4.78 is 1.84. The van der Waals surface area contributed by atoms with E-state index in [1.807, 2.05) is 18.7 Å². The summed E-state index contributed by atoms with van der Waals surface area (Å²) in [6, 6.07) is 2.83. The van der Waals surface area contributed by atoms with Crippen LogP contribution in [0.4, 0.5) is 5.82 Å². The zero-order valence-electron chi connectivity index (χ0n) is 11.8. The van der Waals surface area contributed by atoms with Gasteiger partial charge in [0, 0.05) is 20.1 Å². The van der Waals surface area contributed by atoms with E-state index in [4.69, 9.17) is 0 Å². The van der Waals surface area contributed by atoms with Crippen LogP contribution in [0.1, 0.15) is 43.9 Å². The molecule has 2 rings (SSSR count). The van der Waals surface area contributed by atoms with Gasteiger partial charge in [0.05, 0.1) is 5.69 Å². The molecule has 1 aromatic heterocycles. The maximum absolute atomic E-state index is 9.28. The van der Waals surface area contributed by atoms with E-state index in [1.54, 1.807) is 0 Å². The highest BCUT2D eigenvalue weighted by molar-refractivity contribution is 5.57. The first kappa shape index (κ1) is 12.9. The summed E-state index contributed by atoms with van der Waals surface area (Å²) in [7, 11) is 4.02. The highest BCUT2D eigenvalue weighted by Gasteiger charge is 2.26. The average molecular weight is 246 g/mol. The van der Waals surface area contributed by atoms with Crippen LogP contribution in [0.15, 0.2) is 0 Å². The van der Waals surface area contributed by atoms with Crippen molar-refractivity contribution in [1.29, 1.82) is 5.26 Å².